The van der Waals surface area contributed by atoms with E-state index in [9.17, 15) is 5.11 Å². The fourth-order valence-corrected chi connectivity index (χ4v) is 2.96. The number of fused-ring (bicyclic) bond motifs is 1. The molecule has 0 aliphatic carbocycles. The summed E-state index contributed by atoms with van der Waals surface area (Å²) in [6, 6.07) is 3.93. The van der Waals surface area contributed by atoms with Gasteiger partial charge in [-0.05, 0) is 17.7 Å². The Balaban J connectivity index is 1.73. The van der Waals surface area contributed by atoms with Crippen LogP contribution in [0.25, 0.3) is 0 Å². The average molecular weight is 314 g/mol. The van der Waals surface area contributed by atoms with Crippen LogP contribution in [0, 0.1) is 0 Å². The molecule has 1 saturated heterocycles. The standard InChI is InChI=1S/C15H20ClNO4/c16-13-6-11(7-14-15(13)21-4-1-3-20-14)8-17-2-5-19-12(9-17)10-18/h6-7,12,18H,1-5,8-10H2. The van der Waals surface area contributed by atoms with E-state index in [1.165, 1.54) is 0 Å². The minimum Gasteiger partial charge on any atom is -0.489 e. The molecule has 0 spiro atoms. The second-order valence-corrected chi connectivity index (χ2v) is 5.77. The molecule has 5 nitrogen and oxygen atoms in total. The summed E-state index contributed by atoms with van der Waals surface area (Å²) in [5, 5.41) is 9.79. The largest absolute Gasteiger partial charge is 0.489 e. The number of halogens is 1. The van der Waals surface area contributed by atoms with Crippen LogP contribution in [-0.4, -0.2) is 55.6 Å². The van der Waals surface area contributed by atoms with Crippen molar-refractivity contribution < 1.29 is 19.3 Å². The highest BCUT2D eigenvalue weighted by atomic mass is 35.5. The molecule has 2 heterocycles. The lowest BCUT2D eigenvalue weighted by atomic mass is 10.1. The third kappa shape index (κ3) is 3.61. The first-order chi connectivity index (χ1) is 10.3. The van der Waals surface area contributed by atoms with Crippen LogP contribution in [0.5, 0.6) is 11.5 Å². The van der Waals surface area contributed by atoms with Gasteiger partial charge in [-0.2, -0.15) is 0 Å². The summed E-state index contributed by atoms with van der Waals surface area (Å²) >= 11 is 6.31. The van der Waals surface area contributed by atoms with Crippen LogP contribution in [0.15, 0.2) is 12.1 Å². The number of morpholine rings is 1. The zero-order valence-electron chi connectivity index (χ0n) is 11.9. The predicted molar refractivity (Wildman–Crippen MR) is 79.2 cm³/mol. The van der Waals surface area contributed by atoms with E-state index in [0.29, 0.717) is 30.6 Å². The van der Waals surface area contributed by atoms with Crippen molar-refractivity contribution in [2.24, 2.45) is 0 Å². The van der Waals surface area contributed by atoms with Crippen molar-refractivity contribution >= 4 is 11.6 Å². The first-order valence-corrected chi connectivity index (χ1v) is 7.67. The molecule has 21 heavy (non-hydrogen) atoms. The van der Waals surface area contributed by atoms with Crippen molar-refractivity contribution in [2.45, 2.75) is 19.1 Å². The quantitative estimate of drug-likeness (QED) is 0.920. The average Bonchev–Trinajstić information content (AvgIpc) is 2.73. The summed E-state index contributed by atoms with van der Waals surface area (Å²) < 4.78 is 16.8. The van der Waals surface area contributed by atoms with Gasteiger partial charge < -0.3 is 19.3 Å². The first-order valence-electron chi connectivity index (χ1n) is 7.29. The van der Waals surface area contributed by atoms with Crippen LogP contribution in [0.3, 0.4) is 0 Å². The maximum Gasteiger partial charge on any atom is 0.179 e. The van der Waals surface area contributed by atoms with Crippen molar-refractivity contribution in [3.63, 3.8) is 0 Å². The molecular formula is C15H20ClNO4. The van der Waals surface area contributed by atoms with Crippen LogP contribution in [0.4, 0.5) is 0 Å². The molecule has 2 aliphatic rings. The lowest BCUT2D eigenvalue weighted by Gasteiger charge is -2.32. The topological polar surface area (TPSA) is 51.2 Å². The Morgan fingerprint density at radius 2 is 2.10 bits per heavy atom. The molecule has 1 aromatic carbocycles. The van der Waals surface area contributed by atoms with Gasteiger partial charge in [0.05, 0.1) is 37.6 Å². The fourth-order valence-electron chi connectivity index (χ4n) is 2.67. The van der Waals surface area contributed by atoms with Crippen molar-refractivity contribution in [3.8, 4) is 11.5 Å². The van der Waals surface area contributed by atoms with Gasteiger partial charge in [-0.1, -0.05) is 11.6 Å². The second kappa shape index (κ2) is 6.83. The Kier molecular flexibility index (Phi) is 4.85. The Bertz CT molecular complexity index is 497. The zero-order chi connectivity index (χ0) is 14.7. The first kappa shape index (κ1) is 14.9. The molecule has 0 aromatic heterocycles. The van der Waals surface area contributed by atoms with Crippen LogP contribution in [0.2, 0.25) is 5.02 Å². The molecule has 0 radical (unpaired) electrons. The SMILES string of the molecule is OCC1CN(Cc2cc(Cl)c3c(c2)OCCCO3)CCO1. The number of rotatable bonds is 3. The minimum atomic E-state index is -0.102. The molecular weight excluding hydrogens is 294 g/mol. The Morgan fingerprint density at radius 1 is 1.24 bits per heavy atom. The number of nitrogens with zero attached hydrogens (tertiary/aromatic N) is 1. The van der Waals surface area contributed by atoms with Gasteiger partial charge in [-0.3, -0.25) is 4.90 Å². The molecule has 116 valence electrons. The van der Waals surface area contributed by atoms with Gasteiger partial charge in [0.25, 0.3) is 0 Å². The number of hydrogen-bond acceptors (Lipinski definition) is 5. The maximum atomic E-state index is 9.20. The predicted octanol–water partition coefficient (Wildman–Crippen LogP) is 1.69. The summed E-state index contributed by atoms with van der Waals surface area (Å²) in [6.07, 6.45) is 0.761. The highest BCUT2D eigenvalue weighted by molar-refractivity contribution is 6.32. The smallest absolute Gasteiger partial charge is 0.179 e. The highest BCUT2D eigenvalue weighted by Crippen LogP contribution is 2.38. The van der Waals surface area contributed by atoms with E-state index in [1.807, 2.05) is 12.1 Å². The number of ether oxygens (including phenoxy) is 3. The van der Waals surface area contributed by atoms with E-state index < -0.39 is 0 Å². The van der Waals surface area contributed by atoms with Gasteiger partial charge in [0.15, 0.2) is 11.5 Å². The summed E-state index contributed by atoms with van der Waals surface area (Å²) in [6.45, 7) is 4.31. The number of aliphatic hydroxyl groups is 1. The number of hydrogen-bond donors (Lipinski definition) is 1. The normalized spacial score (nSPS) is 22.9. The minimum absolute atomic E-state index is 0.0540. The summed E-state index contributed by atoms with van der Waals surface area (Å²) in [5.74, 6) is 1.37. The lowest BCUT2D eigenvalue weighted by Crippen LogP contribution is -2.43. The van der Waals surface area contributed by atoms with Crippen molar-refractivity contribution in [1.82, 2.24) is 4.90 Å². The second-order valence-electron chi connectivity index (χ2n) is 5.37. The summed E-state index contributed by atoms with van der Waals surface area (Å²) in [7, 11) is 0. The summed E-state index contributed by atoms with van der Waals surface area (Å²) in [5.41, 5.74) is 1.09. The van der Waals surface area contributed by atoms with Gasteiger partial charge in [-0.15, -0.1) is 0 Å². The maximum absolute atomic E-state index is 9.20. The van der Waals surface area contributed by atoms with E-state index in [-0.39, 0.29) is 12.7 Å². The van der Waals surface area contributed by atoms with Crippen LogP contribution < -0.4 is 9.47 Å². The molecule has 6 heteroatoms. The Labute approximate surface area is 129 Å². The summed E-state index contributed by atoms with van der Waals surface area (Å²) in [4.78, 5) is 2.25. The van der Waals surface area contributed by atoms with Gasteiger partial charge >= 0.3 is 0 Å². The highest BCUT2D eigenvalue weighted by Gasteiger charge is 2.21. The van der Waals surface area contributed by atoms with Crippen LogP contribution in [-0.2, 0) is 11.3 Å². The van der Waals surface area contributed by atoms with Gasteiger partial charge in [0.1, 0.15) is 0 Å². The molecule has 1 aromatic rings. The molecule has 0 saturated carbocycles. The molecule has 1 N–H and O–H groups in total. The fraction of sp³-hybridized carbons (Fsp3) is 0.600. The molecule has 1 unspecified atom stereocenters. The third-order valence-electron chi connectivity index (χ3n) is 3.69. The molecule has 1 fully saturated rings. The van der Waals surface area contributed by atoms with Gasteiger partial charge in [-0.25, -0.2) is 0 Å². The van der Waals surface area contributed by atoms with Crippen molar-refractivity contribution in [1.29, 1.82) is 0 Å². The van der Waals surface area contributed by atoms with E-state index in [1.54, 1.807) is 0 Å². The van der Waals surface area contributed by atoms with Crippen molar-refractivity contribution in [3.05, 3.63) is 22.7 Å². The Morgan fingerprint density at radius 3 is 2.95 bits per heavy atom. The monoisotopic (exact) mass is 313 g/mol. The number of aliphatic hydroxyl groups excluding tert-OH is 1. The molecule has 1 atom stereocenters. The van der Waals surface area contributed by atoms with E-state index >= 15 is 0 Å². The van der Waals surface area contributed by atoms with Gasteiger partial charge in [0, 0.05) is 26.1 Å². The molecule has 2 aliphatic heterocycles. The zero-order valence-corrected chi connectivity index (χ0v) is 12.6. The van der Waals surface area contributed by atoms with Crippen molar-refractivity contribution in [2.75, 3.05) is 39.5 Å². The van der Waals surface area contributed by atoms with E-state index in [4.69, 9.17) is 25.8 Å². The number of benzene rings is 1. The van der Waals surface area contributed by atoms with E-state index in [2.05, 4.69) is 4.90 Å². The van der Waals surface area contributed by atoms with Crippen LogP contribution >= 0.6 is 11.6 Å². The Hall–Kier alpha value is -1.01. The van der Waals surface area contributed by atoms with E-state index in [0.717, 1.165) is 37.4 Å². The third-order valence-corrected chi connectivity index (χ3v) is 3.98. The van der Waals surface area contributed by atoms with Gasteiger partial charge in [0.2, 0.25) is 0 Å². The lowest BCUT2D eigenvalue weighted by molar-refractivity contribution is -0.0551. The molecule has 3 rings (SSSR count). The molecule has 0 bridgehead atoms. The molecule has 0 amide bonds. The van der Waals surface area contributed by atoms with Crippen LogP contribution in [0.1, 0.15) is 12.0 Å².